The van der Waals surface area contributed by atoms with Crippen LogP contribution in [0.25, 0.3) is 28.2 Å². The molecule has 0 spiro atoms. The zero-order chi connectivity index (χ0) is 29.3. The van der Waals surface area contributed by atoms with Crippen molar-refractivity contribution in [3.63, 3.8) is 0 Å². The summed E-state index contributed by atoms with van der Waals surface area (Å²) in [5, 5.41) is 13.9. The Hall–Kier alpha value is -4.34. The predicted molar refractivity (Wildman–Crippen MR) is 151 cm³/mol. The van der Waals surface area contributed by atoms with Gasteiger partial charge in [-0.1, -0.05) is 35.5 Å². The van der Waals surface area contributed by atoms with Crippen LogP contribution in [0.3, 0.4) is 0 Å². The van der Waals surface area contributed by atoms with E-state index in [9.17, 15) is 27.9 Å². The maximum absolute atomic E-state index is 13.8. The first-order valence-electron chi connectivity index (χ1n) is 14.2. The van der Waals surface area contributed by atoms with Crippen molar-refractivity contribution in [3.8, 4) is 11.3 Å². The molecule has 2 unspecified atom stereocenters. The van der Waals surface area contributed by atoms with Gasteiger partial charge in [0.1, 0.15) is 17.0 Å². The Kier molecular flexibility index (Phi) is 6.07. The van der Waals surface area contributed by atoms with Crippen molar-refractivity contribution in [1.29, 1.82) is 0 Å². The molecule has 42 heavy (non-hydrogen) atoms. The summed E-state index contributed by atoms with van der Waals surface area (Å²) in [5.74, 6) is 0.748. The molecule has 0 amide bonds. The van der Waals surface area contributed by atoms with Crippen LogP contribution in [0.4, 0.5) is 18.9 Å². The van der Waals surface area contributed by atoms with Crippen LogP contribution >= 0.6 is 0 Å². The van der Waals surface area contributed by atoms with Crippen molar-refractivity contribution in [2.24, 2.45) is 17.8 Å². The molecule has 2 aliphatic carbocycles. The van der Waals surface area contributed by atoms with Crippen LogP contribution < -0.4 is 10.3 Å². The molecule has 2 aromatic carbocycles. The zero-order valence-electron chi connectivity index (χ0n) is 22.8. The molecule has 3 heterocycles. The van der Waals surface area contributed by atoms with Gasteiger partial charge in [0.15, 0.2) is 0 Å². The van der Waals surface area contributed by atoms with Crippen molar-refractivity contribution in [3.05, 3.63) is 87.4 Å². The first kappa shape index (κ1) is 26.6. The minimum atomic E-state index is -4.50. The molecule has 1 aliphatic heterocycles. The topological polar surface area (TPSA) is 88.6 Å². The summed E-state index contributed by atoms with van der Waals surface area (Å²) in [6.07, 6.45) is 2.80. The minimum Gasteiger partial charge on any atom is -0.477 e. The van der Waals surface area contributed by atoms with Gasteiger partial charge in [0.2, 0.25) is 5.43 Å². The number of pyridine rings is 1. The highest BCUT2D eigenvalue weighted by Crippen LogP contribution is 2.54. The Morgan fingerprint density at radius 3 is 2.55 bits per heavy atom. The van der Waals surface area contributed by atoms with E-state index in [-0.39, 0.29) is 22.7 Å². The molecule has 2 aromatic heterocycles. The molecule has 4 aromatic rings. The molecule has 0 bridgehead atoms. The molecule has 0 radical (unpaired) electrons. The molecular weight excluding hydrogens is 547 g/mol. The van der Waals surface area contributed by atoms with Crippen molar-refractivity contribution in [2.45, 2.75) is 38.4 Å². The third-order valence-corrected chi connectivity index (χ3v) is 8.94. The molecule has 216 valence electrons. The number of carbonyl (C=O) groups is 1. The number of hydrogen-bond donors (Lipinski definition) is 1. The lowest BCUT2D eigenvalue weighted by molar-refractivity contribution is -0.137. The maximum atomic E-state index is 13.8. The fourth-order valence-corrected chi connectivity index (χ4v) is 6.51. The average molecular weight is 576 g/mol. The van der Waals surface area contributed by atoms with E-state index in [1.165, 1.54) is 18.3 Å². The number of nitrogens with zero attached hydrogens (tertiary/aromatic N) is 3. The number of aryl methyl sites for hydroxylation is 1. The number of hydrogen-bond acceptors (Lipinski definition) is 5. The third kappa shape index (κ3) is 4.40. The van der Waals surface area contributed by atoms with Gasteiger partial charge in [-0.2, -0.15) is 13.2 Å². The summed E-state index contributed by atoms with van der Waals surface area (Å²) >= 11 is 0. The van der Waals surface area contributed by atoms with Crippen molar-refractivity contribution in [2.75, 3.05) is 18.0 Å². The summed E-state index contributed by atoms with van der Waals surface area (Å²) in [4.78, 5) is 26.5. The summed E-state index contributed by atoms with van der Waals surface area (Å²) < 4.78 is 48.7. The van der Waals surface area contributed by atoms with Crippen LogP contribution in [0.1, 0.15) is 52.9 Å². The Balaban J connectivity index is 1.12. The van der Waals surface area contributed by atoms with Crippen molar-refractivity contribution >= 4 is 28.6 Å². The van der Waals surface area contributed by atoms with E-state index in [2.05, 4.69) is 16.1 Å². The summed E-state index contributed by atoms with van der Waals surface area (Å²) in [6, 6.07) is 11.0. The largest absolute Gasteiger partial charge is 0.477 e. The Morgan fingerprint density at radius 1 is 1.14 bits per heavy atom. The SMILES string of the molecule is CCn1cc(C(=O)O)c(=O)c2ccc(N3CC4C(/C=C/c5c(-c6ccccc6C(F)(F)F)noc5C5CC5)C4C3)cc21. The number of aromatic carboxylic acids is 1. The van der Waals surface area contributed by atoms with Crippen molar-refractivity contribution < 1.29 is 27.6 Å². The number of anilines is 1. The van der Waals surface area contributed by atoms with Gasteiger partial charge in [-0.05, 0) is 61.8 Å². The molecule has 7 rings (SSSR count). The number of aromatic nitrogens is 2. The number of alkyl halides is 3. The first-order chi connectivity index (χ1) is 20.2. The zero-order valence-corrected chi connectivity index (χ0v) is 22.8. The summed E-state index contributed by atoms with van der Waals surface area (Å²) in [7, 11) is 0. The minimum absolute atomic E-state index is 0.0276. The van der Waals surface area contributed by atoms with Crippen LogP contribution in [0.5, 0.6) is 0 Å². The maximum Gasteiger partial charge on any atom is 0.417 e. The summed E-state index contributed by atoms with van der Waals surface area (Å²) in [6.45, 7) is 4.07. The number of piperidine rings is 1. The fraction of sp³-hybridized carbons (Fsp3) is 0.344. The van der Waals surface area contributed by atoms with Crippen LogP contribution in [0.2, 0.25) is 0 Å². The fourth-order valence-electron chi connectivity index (χ4n) is 6.51. The Labute approximate surface area is 238 Å². The normalized spacial score (nSPS) is 21.8. The number of fused-ring (bicyclic) bond motifs is 2. The quantitative estimate of drug-likeness (QED) is 0.265. The number of benzene rings is 2. The molecule has 3 fully saturated rings. The average Bonchev–Trinajstić information content (AvgIpc) is 3.83. The molecular formula is C32H28F3N3O4. The highest BCUT2D eigenvalue weighted by Gasteiger charge is 2.54. The smallest absolute Gasteiger partial charge is 0.417 e. The van der Waals surface area contributed by atoms with Crippen LogP contribution in [0.15, 0.2) is 64.1 Å². The van der Waals surface area contributed by atoms with E-state index in [1.54, 1.807) is 16.7 Å². The van der Waals surface area contributed by atoms with Gasteiger partial charge < -0.3 is 19.1 Å². The lowest BCUT2D eigenvalue weighted by Crippen LogP contribution is -2.24. The van der Waals surface area contributed by atoms with E-state index >= 15 is 0 Å². The Bertz CT molecular complexity index is 1810. The van der Waals surface area contributed by atoms with Crippen molar-refractivity contribution in [1.82, 2.24) is 9.72 Å². The number of rotatable bonds is 7. The second-order valence-electron chi connectivity index (χ2n) is 11.5. The van der Waals surface area contributed by atoms with Crippen LogP contribution in [-0.2, 0) is 12.7 Å². The molecule has 3 aliphatic rings. The van der Waals surface area contributed by atoms with Gasteiger partial charge in [0.05, 0.1) is 11.1 Å². The van der Waals surface area contributed by atoms with Gasteiger partial charge >= 0.3 is 12.1 Å². The highest BCUT2D eigenvalue weighted by atomic mass is 19.4. The first-order valence-corrected chi connectivity index (χ1v) is 14.2. The van der Waals surface area contributed by atoms with Gasteiger partial charge in [0.25, 0.3) is 0 Å². The van der Waals surface area contributed by atoms with E-state index in [1.807, 2.05) is 25.1 Å². The second kappa shape index (κ2) is 9.61. The van der Waals surface area contributed by atoms with E-state index < -0.39 is 23.1 Å². The monoisotopic (exact) mass is 575 g/mol. The van der Waals surface area contributed by atoms with Crippen LogP contribution in [-0.4, -0.2) is 33.9 Å². The third-order valence-electron chi connectivity index (χ3n) is 8.94. The van der Waals surface area contributed by atoms with Crippen LogP contribution in [0, 0.1) is 17.8 Å². The molecule has 1 N–H and O–H groups in total. The lowest BCUT2D eigenvalue weighted by atomic mass is 9.98. The number of halogens is 3. The van der Waals surface area contributed by atoms with E-state index in [4.69, 9.17) is 4.52 Å². The molecule has 2 saturated carbocycles. The van der Waals surface area contributed by atoms with Gasteiger partial charge in [-0.15, -0.1) is 0 Å². The number of carboxylic acid groups (broad SMARTS) is 1. The summed E-state index contributed by atoms with van der Waals surface area (Å²) in [5.41, 5.74) is 1.13. The van der Waals surface area contributed by atoms with E-state index in [0.29, 0.717) is 46.5 Å². The van der Waals surface area contributed by atoms with Gasteiger partial charge in [-0.25, -0.2) is 4.79 Å². The van der Waals surface area contributed by atoms with Gasteiger partial charge in [0, 0.05) is 53.9 Å². The van der Waals surface area contributed by atoms with Gasteiger partial charge in [-0.3, -0.25) is 4.79 Å². The number of allylic oxidation sites excluding steroid dienone is 1. The van der Waals surface area contributed by atoms with E-state index in [0.717, 1.165) is 37.7 Å². The standard InChI is InChI=1S/C32H28F3N3O4/c1-2-37-16-25(31(40)41)29(39)21-10-9-18(13-27(21)37)38-14-23-19(24(23)15-38)11-12-22-28(36-42-30(22)17-7-8-17)20-5-3-4-6-26(20)32(33,34)35/h3-6,9-13,16-17,19,23-24H,2,7-8,14-15H2,1H3,(H,40,41)/b12-11+. The molecule has 1 saturated heterocycles. The molecule has 10 heteroatoms. The number of carboxylic acids is 1. The predicted octanol–water partition coefficient (Wildman–Crippen LogP) is 6.67. The molecule has 2 atom stereocenters. The second-order valence-corrected chi connectivity index (χ2v) is 11.5. The Morgan fingerprint density at radius 2 is 1.88 bits per heavy atom. The highest BCUT2D eigenvalue weighted by molar-refractivity contribution is 5.93. The molecule has 7 nitrogen and oxygen atoms in total. The lowest BCUT2D eigenvalue weighted by Gasteiger charge is -2.22.